The van der Waals surface area contributed by atoms with Crippen molar-refractivity contribution in [3.05, 3.63) is 30.3 Å². The lowest BCUT2D eigenvalue weighted by Gasteiger charge is -2.39. The number of para-hydroxylation sites is 1. The molecular formula is C19H27N3O3. The number of nitrogens with zero attached hydrogens (tertiary/aromatic N) is 2. The van der Waals surface area contributed by atoms with Crippen molar-refractivity contribution in [2.75, 3.05) is 26.2 Å². The van der Waals surface area contributed by atoms with Crippen LogP contribution in [0.5, 0.6) is 5.75 Å². The molecule has 1 N–H and O–H groups in total. The summed E-state index contributed by atoms with van der Waals surface area (Å²) in [5.41, 5.74) is -0.157. The van der Waals surface area contributed by atoms with Crippen LogP contribution in [0.4, 0.5) is 4.79 Å². The summed E-state index contributed by atoms with van der Waals surface area (Å²) in [5, 5.41) is 2.96. The second-order valence-corrected chi connectivity index (χ2v) is 7.89. The number of urea groups is 1. The summed E-state index contributed by atoms with van der Waals surface area (Å²) in [7, 11) is 0. The lowest BCUT2D eigenvalue weighted by Crippen LogP contribution is -2.59. The van der Waals surface area contributed by atoms with E-state index in [4.69, 9.17) is 4.74 Å². The van der Waals surface area contributed by atoms with Gasteiger partial charge in [-0.05, 0) is 32.9 Å². The minimum absolute atomic E-state index is 0.0533. The van der Waals surface area contributed by atoms with E-state index in [1.807, 2.05) is 56.0 Å². The number of rotatable bonds is 4. The van der Waals surface area contributed by atoms with E-state index in [0.29, 0.717) is 32.6 Å². The third kappa shape index (κ3) is 4.24. The van der Waals surface area contributed by atoms with Crippen molar-refractivity contribution in [2.24, 2.45) is 5.92 Å². The van der Waals surface area contributed by atoms with Gasteiger partial charge in [-0.3, -0.25) is 4.79 Å². The van der Waals surface area contributed by atoms with Gasteiger partial charge in [-0.2, -0.15) is 0 Å². The number of carbonyl (C=O) groups excluding carboxylic acids is 2. The third-order valence-electron chi connectivity index (χ3n) is 4.74. The molecule has 0 radical (unpaired) electrons. The molecule has 0 spiro atoms. The molecule has 1 aromatic carbocycles. The van der Waals surface area contributed by atoms with Gasteiger partial charge in [0.2, 0.25) is 5.91 Å². The van der Waals surface area contributed by atoms with Crippen LogP contribution in [0.3, 0.4) is 0 Å². The number of hydrogen-bond donors (Lipinski definition) is 1. The zero-order valence-corrected chi connectivity index (χ0v) is 15.2. The van der Waals surface area contributed by atoms with Crippen molar-refractivity contribution < 1.29 is 14.3 Å². The first-order valence-corrected chi connectivity index (χ1v) is 8.88. The van der Waals surface area contributed by atoms with Crippen molar-refractivity contribution in [3.63, 3.8) is 0 Å². The van der Waals surface area contributed by atoms with E-state index in [-0.39, 0.29) is 29.5 Å². The lowest BCUT2D eigenvalue weighted by atomic mass is 10.1. The zero-order valence-electron chi connectivity index (χ0n) is 15.2. The normalized spacial score (nSPS) is 21.2. The fourth-order valence-corrected chi connectivity index (χ4v) is 3.28. The number of carbonyl (C=O) groups is 2. The summed E-state index contributed by atoms with van der Waals surface area (Å²) in [5.74, 6) is 1.19. The minimum Gasteiger partial charge on any atom is -0.487 e. The molecular weight excluding hydrogens is 318 g/mol. The maximum absolute atomic E-state index is 12.2. The van der Waals surface area contributed by atoms with E-state index in [0.717, 1.165) is 5.75 Å². The molecule has 2 fully saturated rings. The Morgan fingerprint density at radius 1 is 1.20 bits per heavy atom. The topological polar surface area (TPSA) is 61.9 Å². The first-order valence-electron chi connectivity index (χ1n) is 8.88. The van der Waals surface area contributed by atoms with Gasteiger partial charge in [-0.15, -0.1) is 0 Å². The average Bonchev–Trinajstić information content (AvgIpc) is 2.90. The molecule has 136 valence electrons. The molecule has 1 aromatic rings. The summed E-state index contributed by atoms with van der Waals surface area (Å²) in [6.45, 7) is 8.56. The Morgan fingerprint density at radius 2 is 1.88 bits per heavy atom. The fourth-order valence-electron chi connectivity index (χ4n) is 3.28. The Hall–Kier alpha value is -2.24. The molecule has 3 amide bonds. The van der Waals surface area contributed by atoms with Gasteiger partial charge in [-0.25, -0.2) is 4.79 Å². The Kier molecular flexibility index (Phi) is 4.88. The Labute approximate surface area is 149 Å². The first kappa shape index (κ1) is 17.6. The van der Waals surface area contributed by atoms with E-state index < -0.39 is 0 Å². The summed E-state index contributed by atoms with van der Waals surface area (Å²) in [6.07, 6.45) is 0.565. The van der Waals surface area contributed by atoms with Crippen LogP contribution in [0, 0.1) is 5.92 Å². The Bertz CT molecular complexity index is 621. The summed E-state index contributed by atoms with van der Waals surface area (Å²) in [6, 6.07) is 9.57. The van der Waals surface area contributed by atoms with Crippen LogP contribution in [0.25, 0.3) is 0 Å². The molecule has 2 heterocycles. The van der Waals surface area contributed by atoms with Crippen LogP contribution in [-0.4, -0.2) is 59.6 Å². The highest BCUT2D eigenvalue weighted by Gasteiger charge is 2.37. The van der Waals surface area contributed by atoms with Crippen molar-refractivity contribution in [3.8, 4) is 5.75 Å². The smallest absolute Gasteiger partial charge is 0.317 e. The molecule has 2 saturated heterocycles. The van der Waals surface area contributed by atoms with Crippen LogP contribution < -0.4 is 10.1 Å². The van der Waals surface area contributed by atoms with E-state index in [9.17, 15) is 9.59 Å². The van der Waals surface area contributed by atoms with Gasteiger partial charge in [0.25, 0.3) is 0 Å². The van der Waals surface area contributed by atoms with Gasteiger partial charge in [0.1, 0.15) is 11.9 Å². The van der Waals surface area contributed by atoms with Crippen molar-refractivity contribution >= 4 is 11.9 Å². The van der Waals surface area contributed by atoms with Crippen LogP contribution in [0.1, 0.15) is 27.2 Å². The van der Waals surface area contributed by atoms with Crippen molar-refractivity contribution in [1.29, 1.82) is 0 Å². The van der Waals surface area contributed by atoms with Gasteiger partial charge in [0, 0.05) is 31.0 Å². The first-order chi connectivity index (χ1) is 11.8. The molecule has 6 heteroatoms. The van der Waals surface area contributed by atoms with Crippen LogP contribution in [0.15, 0.2) is 30.3 Å². The fraction of sp³-hybridized carbons (Fsp3) is 0.579. The highest BCUT2D eigenvalue weighted by molar-refractivity contribution is 5.80. The SMILES string of the molecule is CC(C)(C)N1C[C@@H](CNC(=O)N2CC(Oc3ccccc3)C2)CC1=O. The van der Waals surface area contributed by atoms with Crippen LogP contribution >= 0.6 is 0 Å². The second-order valence-electron chi connectivity index (χ2n) is 7.89. The number of ether oxygens (including phenoxy) is 1. The molecule has 1 atom stereocenters. The standard InChI is InChI=1S/C19H27N3O3/c1-19(2,3)22-11-14(9-17(22)23)10-20-18(24)21-12-16(13-21)25-15-7-5-4-6-8-15/h4-8,14,16H,9-13H2,1-3H3,(H,20,24)/t14-/m1/s1. The van der Waals surface area contributed by atoms with Gasteiger partial charge in [-0.1, -0.05) is 18.2 Å². The lowest BCUT2D eigenvalue weighted by molar-refractivity contribution is -0.131. The number of nitrogens with one attached hydrogen (secondary N) is 1. The van der Waals surface area contributed by atoms with Gasteiger partial charge in [0.05, 0.1) is 13.1 Å². The maximum atomic E-state index is 12.2. The maximum Gasteiger partial charge on any atom is 0.317 e. The molecule has 0 aromatic heterocycles. The minimum atomic E-state index is -0.157. The monoisotopic (exact) mass is 345 g/mol. The zero-order chi connectivity index (χ0) is 18.0. The van der Waals surface area contributed by atoms with Crippen LogP contribution in [0.2, 0.25) is 0 Å². The number of hydrogen-bond acceptors (Lipinski definition) is 3. The predicted octanol–water partition coefficient (Wildman–Crippen LogP) is 2.11. The molecule has 2 aliphatic heterocycles. The summed E-state index contributed by atoms with van der Waals surface area (Å²) in [4.78, 5) is 27.9. The third-order valence-corrected chi connectivity index (χ3v) is 4.74. The molecule has 0 unspecified atom stereocenters. The summed E-state index contributed by atoms with van der Waals surface area (Å²) < 4.78 is 5.80. The van der Waals surface area contributed by atoms with E-state index >= 15 is 0 Å². The highest BCUT2D eigenvalue weighted by Crippen LogP contribution is 2.25. The van der Waals surface area contributed by atoms with Crippen molar-refractivity contribution in [2.45, 2.75) is 38.8 Å². The molecule has 0 bridgehead atoms. The second kappa shape index (κ2) is 6.94. The highest BCUT2D eigenvalue weighted by atomic mass is 16.5. The molecule has 25 heavy (non-hydrogen) atoms. The molecule has 2 aliphatic rings. The quantitative estimate of drug-likeness (QED) is 0.909. The number of amides is 3. The van der Waals surface area contributed by atoms with Crippen molar-refractivity contribution in [1.82, 2.24) is 15.1 Å². The number of benzene rings is 1. The summed E-state index contributed by atoms with van der Waals surface area (Å²) >= 11 is 0. The van der Waals surface area contributed by atoms with Gasteiger partial charge < -0.3 is 19.9 Å². The molecule has 0 aliphatic carbocycles. The Balaban J connectivity index is 1.38. The van der Waals surface area contributed by atoms with E-state index in [2.05, 4.69) is 5.32 Å². The Morgan fingerprint density at radius 3 is 2.48 bits per heavy atom. The molecule has 3 rings (SSSR count). The van der Waals surface area contributed by atoms with E-state index in [1.54, 1.807) is 4.90 Å². The largest absolute Gasteiger partial charge is 0.487 e. The van der Waals surface area contributed by atoms with Gasteiger partial charge >= 0.3 is 6.03 Å². The average molecular weight is 345 g/mol. The van der Waals surface area contributed by atoms with Gasteiger partial charge in [0.15, 0.2) is 0 Å². The predicted molar refractivity (Wildman–Crippen MR) is 95.4 cm³/mol. The molecule has 6 nitrogen and oxygen atoms in total. The van der Waals surface area contributed by atoms with E-state index in [1.165, 1.54) is 0 Å². The van der Waals surface area contributed by atoms with Crippen LogP contribution in [-0.2, 0) is 4.79 Å². The number of likely N-dealkylation sites (tertiary alicyclic amines) is 2. The molecule has 0 saturated carbocycles.